The number of ether oxygens (including phenoxy) is 1. The second kappa shape index (κ2) is 11.8. The summed E-state index contributed by atoms with van der Waals surface area (Å²) in [6, 6.07) is 58.8. The number of hydrogen-bond donors (Lipinski definition) is 2. The topological polar surface area (TPSA) is 56.9 Å². The SMILES string of the molecule is N=C(/C=C\C(=N)c1cccc(-c2ccccc2-c2cccc3c2Oc2ccccc2C32c3ccccc3-c3ccccc32)c1)c1ccccc1. The van der Waals surface area contributed by atoms with E-state index >= 15 is 0 Å². The molecule has 1 heterocycles. The van der Waals surface area contributed by atoms with Crippen molar-refractivity contribution in [2.75, 3.05) is 0 Å². The van der Waals surface area contributed by atoms with E-state index in [1.165, 1.54) is 22.3 Å². The average molecular weight is 641 g/mol. The maximum absolute atomic E-state index is 8.86. The molecular weight excluding hydrogens is 609 g/mol. The molecular formula is C47H32N2O. The van der Waals surface area contributed by atoms with E-state index in [1.807, 2.05) is 42.5 Å². The summed E-state index contributed by atoms with van der Waals surface area (Å²) in [5, 5.41) is 17.3. The van der Waals surface area contributed by atoms with E-state index in [1.54, 1.807) is 12.2 Å². The maximum Gasteiger partial charge on any atom is 0.140 e. The molecule has 1 aliphatic carbocycles. The quantitative estimate of drug-likeness (QED) is 0.175. The zero-order valence-electron chi connectivity index (χ0n) is 27.2. The molecule has 0 atom stereocenters. The molecule has 7 aromatic carbocycles. The summed E-state index contributed by atoms with van der Waals surface area (Å²) in [6.45, 7) is 0. The minimum Gasteiger partial charge on any atom is -0.456 e. The molecule has 0 unspecified atom stereocenters. The van der Waals surface area contributed by atoms with Crippen molar-refractivity contribution in [1.82, 2.24) is 0 Å². The van der Waals surface area contributed by atoms with Crippen LogP contribution in [0.1, 0.15) is 33.4 Å². The molecule has 0 fully saturated rings. The Balaban J connectivity index is 1.18. The summed E-state index contributed by atoms with van der Waals surface area (Å²) >= 11 is 0. The fraction of sp³-hybridized carbons (Fsp3) is 0.0213. The molecule has 7 aromatic rings. The minimum atomic E-state index is -0.531. The predicted molar refractivity (Wildman–Crippen MR) is 204 cm³/mol. The van der Waals surface area contributed by atoms with Crippen LogP contribution in [0.2, 0.25) is 0 Å². The molecule has 0 radical (unpaired) electrons. The Bertz CT molecular complexity index is 2460. The standard InChI is InChI=1S/C47H32N2O/c48-43(31-14-2-1-3-15-31)28-29-44(49)33-17-12-16-32(30-33)34-18-4-5-19-35(34)38-22-13-26-42-46(38)50-45-27-11-10-25-41(45)47(42)39-23-8-6-20-36(39)37-21-7-9-24-40(37)47/h1-30,48-49H/b29-28-,48-43?,49-44?. The van der Waals surface area contributed by atoms with Gasteiger partial charge in [0.25, 0.3) is 0 Å². The number of hydrogen-bond acceptors (Lipinski definition) is 3. The number of fused-ring (bicyclic) bond motifs is 9. The van der Waals surface area contributed by atoms with Gasteiger partial charge in [-0.1, -0.05) is 158 Å². The summed E-state index contributed by atoms with van der Waals surface area (Å²) in [4.78, 5) is 0. The molecule has 0 aromatic heterocycles. The van der Waals surface area contributed by atoms with Crippen molar-refractivity contribution in [2.24, 2.45) is 0 Å². The number of allylic oxidation sites excluding steroid dienone is 2. The van der Waals surface area contributed by atoms with Gasteiger partial charge in [0, 0.05) is 16.7 Å². The number of nitrogens with one attached hydrogen (secondary N) is 2. The van der Waals surface area contributed by atoms with Gasteiger partial charge in [-0.25, -0.2) is 0 Å². The van der Waals surface area contributed by atoms with Gasteiger partial charge in [0.1, 0.15) is 11.5 Å². The van der Waals surface area contributed by atoms with Crippen molar-refractivity contribution >= 4 is 11.4 Å². The second-order valence-electron chi connectivity index (χ2n) is 12.8. The van der Waals surface area contributed by atoms with Gasteiger partial charge in [0.15, 0.2) is 0 Å². The predicted octanol–water partition coefficient (Wildman–Crippen LogP) is 11.5. The van der Waals surface area contributed by atoms with Crippen LogP contribution in [-0.4, -0.2) is 11.4 Å². The van der Waals surface area contributed by atoms with Crippen LogP contribution >= 0.6 is 0 Å². The van der Waals surface area contributed by atoms with Gasteiger partial charge in [0.2, 0.25) is 0 Å². The van der Waals surface area contributed by atoms with Gasteiger partial charge in [-0.3, -0.25) is 0 Å². The van der Waals surface area contributed by atoms with Gasteiger partial charge in [-0.05, 0) is 74.4 Å². The first-order valence-corrected chi connectivity index (χ1v) is 16.9. The van der Waals surface area contributed by atoms with E-state index < -0.39 is 5.41 Å². The van der Waals surface area contributed by atoms with Crippen LogP contribution in [-0.2, 0) is 5.41 Å². The second-order valence-corrected chi connectivity index (χ2v) is 12.8. The molecule has 0 bridgehead atoms. The van der Waals surface area contributed by atoms with Gasteiger partial charge >= 0.3 is 0 Å². The average Bonchev–Trinajstić information content (AvgIpc) is 3.48. The fourth-order valence-electron chi connectivity index (χ4n) is 7.89. The highest BCUT2D eigenvalue weighted by atomic mass is 16.5. The van der Waals surface area contributed by atoms with E-state index in [2.05, 4.69) is 127 Å². The number of para-hydroxylation sites is 2. The number of benzene rings is 7. The lowest BCUT2D eigenvalue weighted by atomic mass is 9.65. The largest absolute Gasteiger partial charge is 0.456 e. The first-order chi connectivity index (χ1) is 24.6. The first kappa shape index (κ1) is 29.6. The Labute approximate surface area is 291 Å². The molecule has 1 aliphatic heterocycles. The third-order valence-corrected chi connectivity index (χ3v) is 10.1. The Morgan fingerprint density at radius 1 is 0.420 bits per heavy atom. The van der Waals surface area contributed by atoms with Crippen LogP contribution in [0, 0.1) is 10.8 Å². The summed E-state index contributed by atoms with van der Waals surface area (Å²) in [5.74, 6) is 1.72. The van der Waals surface area contributed by atoms with Gasteiger partial charge in [-0.15, -0.1) is 0 Å². The molecule has 0 saturated heterocycles. The molecule has 0 saturated carbocycles. The zero-order valence-corrected chi connectivity index (χ0v) is 27.2. The third kappa shape index (κ3) is 4.52. The van der Waals surface area contributed by atoms with Crippen LogP contribution in [0.4, 0.5) is 0 Å². The van der Waals surface area contributed by atoms with Crippen molar-refractivity contribution in [3.05, 3.63) is 215 Å². The Morgan fingerprint density at radius 3 is 1.64 bits per heavy atom. The lowest BCUT2D eigenvalue weighted by molar-refractivity contribution is 0.438. The molecule has 2 aliphatic rings. The highest BCUT2D eigenvalue weighted by Gasteiger charge is 2.51. The molecule has 236 valence electrons. The summed E-state index contributed by atoms with van der Waals surface area (Å²) in [6.07, 6.45) is 3.40. The van der Waals surface area contributed by atoms with Gasteiger partial charge in [0.05, 0.1) is 16.8 Å². The molecule has 50 heavy (non-hydrogen) atoms. The molecule has 3 heteroatoms. The van der Waals surface area contributed by atoms with Crippen LogP contribution in [0.25, 0.3) is 33.4 Å². The summed E-state index contributed by atoms with van der Waals surface area (Å²) in [7, 11) is 0. The third-order valence-electron chi connectivity index (χ3n) is 10.1. The fourth-order valence-corrected chi connectivity index (χ4v) is 7.89. The number of rotatable bonds is 6. The van der Waals surface area contributed by atoms with E-state index in [4.69, 9.17) is 15.6 Å². The van der Waals surface area contributed by atoms with Crippen LogP contribution in [0.15, 0.2) is 182 Å². The van der Waals surface area contributed by atoms with Crippen molar-refractivity contribution < 1.29 is 4.74 Å². The lowest BCUT2D eigenvalue weighted by Crippen LogP contribution is -2.32. The van der Waals surface area contributed by atoms with Gasteiger partial charge < -0.3 is 15.6 Å². The normalized spacial score (nSPS) is 13.2. The Morgan fingerprint density at radius 2 is 0.920 bits per heavy atom. The monoisotopic (exact) mass is 640 g/mol. The van der Waals surface area contributed by atoms with E-state index in [0.717, 1.165) is 56.0 Å². The Hall–Kier alpha value is -6.58. The van der Waals surface area contributed by atoms with Crippen molar-refractivity contribution in [3.63, 3.8) is 0 Å². The summed E-state index contributed by atoms with van der Waals surface area (Å²) < 4.78 is 6.96. The van der Waals surface area contributed by atoms with Crippen LogP contribution < -0.4 is 4.74 Å². The first-order valence-electron chi connectivity index (χ1n) is 16.9. The van der Waals surface area contributed by atoms with Crippen LogP contribution in [0.5, 0.6) is 11.5 Å². The van der Waals surface area contributed by atoms with Crippen molar-refractivity contribution in [2.45, 2.75) is 5.41 Å². The van der Waals surface area contributed by atoms with Crippen molar-refractivity contribution in [3.8, 4) is 44.9 Å². The smallest absolute Gasteiger partial charge is 0.140 e. The molecule has 3 nitrogen and oxygen atoms in total. The van der Waals surface area contributed by atoms with E-state index in [9.17, 15) is 0 Å². The molecule has 9 rings (SSSR count). The minimum absolute atomic E-state index is 0.350. The molecule has 0 amide bonds. The van der Waals surface area contributed by atoms with E-state index in [-0.39, 0.29) is 0 Å². The Kier molecular flexibility index (Phi) is 6.99. The van der Waals surface area contributed by atoms with Crippen molar-refractivity contribution in [1.29, 1.82) is 10.8 Å². The van der Waals surface area contributed by atoms with E-state index in [0.29, 0.717) is 11.4 Å². The van der Waals surface area contributed by atoms with Gasteiger partial charge in [-0.2, -0.15) is 0 Å². The molecule has 1 spiro atoms. The zero-order chi connectivity index (χ0) is 33.7. The maximum atomic E-state index is 8.86. The summed E-state index contributed by atoms with van der Waals surface area (Å²) in [5.41, 5.74) is 13.3. The highest BCUT2D eigenvalue weighted by molar-refractivity contribution is 6.14. The lowest BCUT2D eigenvalue weighted by Gasteiger charge is -2.40. The molecule has 2 N–H and O–H groups in total. The highest BCUT2D eigenvalue weighted by Crippen LogP contribution is 2.63. The van der Waals surface area contributed by atoms with Crippen LogP contribution in [0.3, 0.4) is 0 Å².